The summed E-state index contributed by atoms with van der Waals surface area (Å²) in [6.45, 7) is 7.55. The van der Waals surface area contributed by atoms with Gasteiger partial charge < -0.3 is 10.1 Å². The topological polar surface area (TPSA) is 24.5 Å². The van der Waals surface area contributed by atoms with Crippen molar-refractivity contribution in [1.82, 2.24) is 10.2 Å². The highest BCUT2D eigenvalue weighted by atomic mass is 16.5. The fourth-order valence-electron chi connectivity index (χ4n) is 3.03. The molecule has 0 saturated heterocycles. The van der Waals surface area contributed by atoms with Crippen molar-refractivity contribution in [2.45, 2.75) is 38.8 Å². The second kappa shape index (κ2) is 6.92. The monoisotopic (exact) mass is 262 g/mol. The van der Waals surface area contributed by atoms with Crippen molar-refractivity contribution >= 4 is 0 Å². The van der Waals surface area contributed by atoms with E-state index in [0.29, 0.717) is 12.1 Å². The molecule has 1 aliphatic heterocycles. The SMILES string of the molecule is CCCN(CCC)C1COc2ccccc2C1NC. The maximum Gasteiger partial charge on any atom is 0.124 e. The Hall–Kier alpha value is -1.06. The Morgan fingerprint density at radius 1 is 1.21 bits per heavy atom. The normalized spacial score (nSPS) is 22.1. The number of hydrogen-bond acceptors (Lipinski definition) is 3. The summed E-state index contributed by atoms with van der Waals surface area (Å²) in [5.74, 6) is 1.03. The summed E-state index contributed by atoms with van der Waals surface area (Å²) in [5.41, 5.74) is 1.29. The fourth-order valence-corrected chi connectivity index (χ4v) is 3.03. The standard InChI is InChI=1S/C16H26N2O/c1-4-10-18(11-5-2)14-12-19-15-9-7-6-8-13(15)16(14)17-3/h6-9,14,16-17H,4-5,10-12H2,1-3H3. The molecule has 0 spiro atoms. The molecule has 2 atom stereocenters. The van der Waals surface area contributed by atoms with Crippen molar-refractivity contribution in [3.8, 4) is 5.75 Å². The summed E-state index contributed by atoms with van der Waals surface area (Å²) in [6.07, 6.45) is 2.38. The molecule has 2 unspecified atom stereocenters. The predicted octanol–water partition coefficient (Wildman–Crippen LogP) is 2.83. The molecule has 2 rings (SSSR count). The lowest BCUT2D eigenvalue weighted by Crippen LogP contribution is -2.50. The lowest BCUT2D eigenvalue weighted by Gasteiger charge is -2.40. The minimum Gasteiger partial charge on any atom is -0.492 e. The molecule has 106 valence electrons. The first kappa shape index (κ1) is 14.4. The van der Waals surface area contributed by atoms with Crippen molar-refractivity contribution in [3.05, 3.63) is 29.8 Å². The molecule has 0 fully saturated rings. The number of nitrogens with one attached hydrogen (secondary N) is 1. The average molecular weight is 262 g/mol. The quantitative estimate of drug-likeness (QED) is 0.853. The Morgan fingerprint density at radius 3 is 2.53 bits per heavy atom. The molecular formula is C16H26N2O. The molecule has 3 nitrogen and oxygen atoms in total. The van der Waals surface area contributed by atoms with Gasteiger partial charge in [0.15, 0.2) is 0 Å². The lowest BCUT2D eigenvalue weighted by atomic mass is 9.95. The van der Waals surface area contributed by atoms with Crippen LogP contribution in [0.25, 0.3) is 0 Å². The van der Waals surface area contributed by atoms with Gasteiger partial charge >= 0.3 is 0 Å². The van der Waals surface area contributed by atoms with E-state index in [9.17, 15) is 0 Å². The highest BCUT2D eigenvalue weighted by molar-refractivity contribution is 5.38. The molecule has 0 saturated carbocycles. The second-order valence-corrected chi connectivity index (χ2v) is 5.22. The first-order valence-corrected chi connectivity index (χ1v) is 7.44. The third kappa shape index (κ3) is 3.10. The van der Waals surface area contributed by atoms with Gasteiger partial charge in [-0.15, -0.1) is 0 Å². The van der Waals surface area contributed by atoms with Crippen molar-refractivity contribution in [2.75, 3.05) is 26.7 Å². The van der Waals surface area contributed by atoms with E-state index < -0.39 is 0 Å². The number of likely N-dealkylation sites (N-methyl/N-ethyl adjacent to an activating group) is 1. The van der Waals surface area contributed by atoms with Crippen molar-refractivity contribution < 1.29 is 4.74 Å². The smallest absolute Gasteiger partial charge is 0.124 e. The third-order valence-corrected chi connectivity index (χ3v) is 3.85. The number of hydrogen-bond donors (Lipinski definition) is 1. The number of ether oxygens (including phenoxy) is 1. The Kier molecular flexibility index (Phi) is 5.23. The summed E-state index contributed by atoms with van der Waals surface area (Å²) >= 11 is 0. The Balaban J connectivity index is 2.22. The van der Waals surface area contributed by atoms with Crippen LogP contribution in [0.1, 0.15) is 38.3 Å². The van der Waals surface area contributed by atoms with Crippen LogP contribution in [0.3, 0.4) is 0 Å². The molecule has 0 aromatic heterocycles. The predicted molar refractivity (Wildman–Crippen MR) is 79.7 cm³/mol. The van der Waals surface area contributed by atoms with Gasteiger partial charge in [0, 0.05) is 5.56 Å². The zero-order chi connectivity index (χ0) is 13.7. The van der Waals surface area contributed by atoms with Gasteiger partial charge in [-0.25, -0.2) is 0 Å². The van der Waals surface area contributed by atoms with Crippen LogP contribution in [0.4, 0.5) is 0 Å². The van der Waals surface area contributed by atoms with Crippen LogP contribution in [-0.2, 0) is 0 Å². The Labute approximate surface area is 116 Å². The zero-order valence-corrected chi connectivity index (χ0v) is 12.4. The molecule has 19 heavy (non-hydrogen) atoms. The minimum absolute atomic E-state index is 0.364. The number of para-hydroxylation sites is 1. The fraction of sp³-hybridized carbons (Fsp3) is 0.625. The Morgan fingerprint density at radius 2 is 1.89 bits per heavy atom. The minimum atomic E-state index is 0.364. The van der Waals surface area contributed by atoms with Crippen LogP contribution >= 0.6 is 0 Å². The first-order valence-electron chi connectivity index (χ1n) is 7.44. The van der Waals surface area contributed by atoms with Crippen molar-refractivity contribution in [3.63, 3.8) is 0 Å². The van der Waals surface area contributed by atoms with E-state index in [1.165, 1.54) is 18.4 Å². The van der Waals surface area contributed by atoms with Crippen molar-refractivity contribution in [2.24, 2.45) is 0 Å². The van der Waals surface area contributed by atoms with Gasteiger partial charge in [0.1, 0.15) is 12.4 Å². The van der Waals surface area contributed by atoms with E-state index in [-0.39, 0.29) is 0 Å². The van der Waals surface area contributed by atoms with E-state index in [4.69, 9.17) is 4.74 Å². The third-order valence-electron chi connectivity index (χ3n) is 3.85. The highest BCUT2D eigenvalue weighted by Gasteiger charge is 2.33. The van der Waals surface area contributed by atoms with Gasteiger partial charge in [-0.05, 0) is 39.0 Å². The zero-order valence-electron chi connectivity index (χ0n) is 12.4. The molecule has 1 aliphatic rings. The largest absolute Gasteiger partial charge is 0.492 e. The Bertz CT molecular complexity index is 388. The summed E-state index contributed by atoms with van der Waals surface area (Å²) in [7, 11) is 2.05. The van der Waals surface area contributed by atoms with Crippen LogP contribution in [0, 0.1) is 0 Å². The molecule has 1 aromatic carbocycles. The van der Waals surface area contributed by atoms with Crippen molar-refractivity contribution in [1.29, 1.82) is 0 Å². The molecule has 0 amide bonds. The average Bonchev–Trinajstić information content (AvgIpc) is 2.46. The molecule has 3 heteroatoms. The second-order valence-electron chi connectivity index (χ2n) is 5.22. The van der Waals surface area contributed by atoms with E-state index in [0.717, 1.165) is 25.4 Å². The summed E-state index contributed by atoms with van der Waals surface area (Å²) < 4.78 is 5.96. The van der Waals surface area contributed by atoms with Crippen LogP contribution in [-0.4, -0.2) is 37.7 Å². The summed E-state index contributed by atoms with van der Waals surface area (Å²) in [4.78, 5) is 2.57. The van der Waals surface area contributed by atoms with Gasteiger partial charge in [-0.3, -0.25) is 4.90 Å². The molecule has 0 bridgehead atoms. The summed E-state index contributed by atoms with van der Waals surface area (Å²) in [5, 5.41) is 3.49. The van der Waals surface area contributed by atoms with Gasteiger partial charge in [0.2, 0.25) is 0 Å². The van der Waals surface area contributed by atoms with E-state index >= 15 is 0 Å². The van der Waals surface area contributed by atoms with Crippen LogP contribution in [0.15, 0.2) is 24.3 Å². The molecule has 1 aromatic rings. The highest BCUT2D eigenvalue weighted by Crippen LogP contribution is 2.33. The van der Waals surface area contributed by atoms with Gasteiger partial charge in [-0.1, -0.05) is 32.0 Å². The van der Waals surface area contributed by atoms with E-state index in [2.05, 4.69) is 49.3 Å². The summed E-state index contributed by atoms with van der Waals surface area (Å²) in [6, 6.07) is 9.18. The first-order chi connectivity index (χ1) is 9.31. The molecular weight excluding hydrogens is 236 g/mol. The van der Waals surface area contributed by atoms with Gasteiger partial charge in [-0.2, -0.15) is 0 Å². The number of benzene rings is 1. The molecule has 0 radical (unpaired) electrons. The molecule has 1 heterocycles. The van der Waals surface area contributed by atoms with Crippen LogP contribution < -0.4 is 10.1 Å². The number of rotatable bonds is 6. The van der Waals surface area contributed by atoms with Gasteiger partial charge in [0.05, 0.1) is 12.1 Å². The van der Waals surface area contributed by atoms with Gasteiger partial charge in [0.25, 0.3) is 0 Å². The van der Waals surface area contributed by atoms with Crippen LogP contribution in [0.2, 0.25) is 0 Å². The van der Waals surface area contributed by atoms with Crippen LogP contribution in [0.5, 0.6) is 5.75 Å². The lowest BCUT2D eigenvalue weighted by molar-refractivity contribution is 0.0878. The number of nitrogens with zero attached hydrogens (tertiary/aromatic N) is 1. The maximum absolute atomic E-state index is 5.96. The number of fused-ring (bicyclic) bond motifs is 1. The van der Waals surface area contributed by atoms with E-state index in [1.807, 2.05) is 6.07 Å². The molecule has 1 N–H and O–H groups in total. The van der Waals surface area contributed by atoms with E-state index in [1.54, 1.807) is 0 Å². The molecule has 0 aliphatic carbocycles. The maximum atomic E-state index is 5.96.